The van der Waals surface area contributed by atoms with Crippen molar-refractivity contribution in [3.05, 3.63) is 12.2 Å². The number of allylic oxidation sites excluding steroid dienone is 2. The normalized spacial score (nSPS) is 31.8. The minimum absolute atomic E-state index is 0.831. The van der Waals surface area contributed by atoms with Crippen LogP contribution in [0.1, 0.15) is 51.9 Å². The van der Waals surface area contributed by atoms with Gasteiger partial charge in [0, 0.05) is 12.6 Å². The highest BCUT2D eigenvalue weighted by molar-refractivity contribution is 4.91. The third-order valence-electron chi connectivity index (χ3n) is 5.93. The molecule has 2 heterocycles. The fraction of sp³-hybridized carbons (Fsp3) is 0.889. The van der Waals surface area contributed by atoms with Gasteiger partial charge in [-0.15, -0.1) is 0 Å². The predicted molar refractivity (Wildman–Crippen MR) is 85.9 cm³/mol. The van der Waals surface area contributed by atoms with Crippen molar-refractivity contribution < 1.29 is 0 Å². The largest absolute Gasteiger partial charge is 0.303 e. The van der Waals surface area contributed by atoms with E-state index in [1.165, 1.54) is 77.7 Å². The second-order valence-corrected chi connectivity index (χ2v) is 7.27. The van der Waals surface area contributed by atoms with Crippen molar-refractivity contribution in [3.63, 3.8) is 0 Å². The van der Waals surface area contributed by atoms with Gasteiger partial charge < -0.3 is 9.80 Å². The van der Waals surface area contributed by atoms with E-state index >= 15 is 0 Å². The van der Waals surface area contributed by atoms with Crippen LogP contribution in [0.3, 0.4) is 0 Å². The summed E-state index contributed by atoms with van der Waals surface area (Å²) in [6.07, 6.45) is 14.5. The van der Waals surface area contributed by atoms with E-state index in [9.17, 15) is 0 Å². The molecule has 3 aliphatic rings. The fourth-order valence-electron chi connectivity index (χ4n) is 4.45. The SMILES string of the molecule is C[C@@H](C1CCN(C[C@@H]2CC=CCC2)CC1)N1CCCC1. The molecule has 0 aromatic heterocycles. The summed E-state index contributed by atoms with van der Waals surface area (Å²) in [5, 5.41) is 0. The van der Waals surface area contributed by atoms with Gasteiger partial charge in [0.25, 0.3) is 0 Å². The van der Waals surface area contributed by atoms with Crippen molar-refractivity contribution in [2.75, 3.05) is 32.7 Å². The van der Waals surface area contributed by atoms with Gasteiger partial charge in [-0.1, -0.05) is 12.2 Å². The Morgan fingerprint density at radius 2 is 1.75 bits per heavy atom. The zero-order chi connectivity index (χ0) is 13.8. The van der Waals surface area contributed by atoms with Crippen molar-refractivity contribution in [1.82, 2.24) is 9.80 Å². The number of hydrogen-bond donors (Lipinski definition) is 0. The van der Waals surface area contributed by atoms with Gasteiger partial charge in [-0.3, -0.25) is 0 Å². The molecule has 0 bridgehead atoms. The maximum absolute atomic E-state index is 2.75. The van der Waals surface area contributed by atoms with Crippen LogP contribution < -0.4 is 0 Å². The molecular formula is C18H32N2. The standard InChI is InChI=1S/C18H32N2/c1-16(20-11-5-6-12-20)18-9-13-19(14-10-18)15-17-7-3-2-4-8-17/h2-3,16-18H,4-15H2,1H3/t16-,17+/m0/s1. The lowest BCUT2D eigenvalue weighted by atomic mass is 9.88. The summed E-state index contributed by atoms with van der Waals surface area (Å²) in [5.74, 6) is 1.89. The van der Waals surface area contributed by atoms with Crippen LogP contribution >= 0.6 is 0 Å². The van der Waals surface area contributed by atoms with E-state index in [0.717, 1.165) is 17.9 Å². The quantitative estimate of drug-likeness (QED) is 0.725. The van der Waals surface area contributed by atoms with Gasteiger partial charge in [0.05, 0.1) is 0 Å². The number of nitrogens with zero attached hydrogens (tertiary/aromatic N) is 2. The lowest BCUT2D eigenvalue weighted by Crippen LogP contribution is -2.44. The molecule has 2 heteroatoms. The predicted octanol–water partition coefficient (Wildman–Crippen LogP) is 3.54. The maximum Gasteiger partial charge on any atom is 0.00961 e. The average Bonchev–Trinajstić information content (AvgIpc) is 3.03. The molecule has 2 fully saturated rings. The molecule has 2 saturated heterocycles. The lowest BCUT2D eigenvalue weighted by Gasteiger charge is -2.39. The number of piperidine rings is 1. The van der Waals surface area contributed by atoms with Crippen molar-refractivity contribution in [1.29, 1.82) is 0 Å². The molecule has 0 amide bonds. The number of rotatable bonds is 4. The minimum atomic E-state index is 0.831. The Morgan fingerprint density at radius 3 is 2.40 bits per heavy atom. The van der Waals surface area contributed by atoms with Gasteiger partial charge in [0.1, 0.15) is 0 Å². The molecule has 0 saturated carbocycles. The molecule has 0 N–H and O–H groups in total. The van der Waals surface area contributed by atoms with E-state index in [4.69, 9.17) is 0 Å². The Bertz CT molecular complexity index is 311. The van der Waals surface area contributed by atoms with E-state index < -0.39 is 0 Å². The van der Waals surface area contributed by atoms with E-state index in [2.05, 4.69) is 28.9 Å². The molecular weight excluding hydrogens is 244 g/mol. The molecule has 20 heavy (non-hydrogen) atoms. The monoisotopic (exact) mass is 276 g/mol. The first-order valence-electron chi connectivity index (χ1n) is 8.94. The third-order valence-corrected chi connectivity index (χ3v) is 5.93. The van der Waals surface area contributed by atoms with Crippen LogP contribution in [0.4, 0.5) is 0 Å². The van der Waals surface area contributed by atoms with Crippen LogP contribution in [-0.2, 0) is 0 Å². The number of likely N-dealkylation sites (tertiary alicyclic amines) is 2. The fourth-order valence-corrected chi connectivity index (χ4v) is 4.45. The van der Waals surface area contributed by atoms with Crippen molar-refractivity contribution >= 4 is 0 Å². The molecule has 1 aliphatic carbocycles. The van der Waals surface area contributed by atoms with Gasteiger partial charge >= 0.3 is 0 Å². The summed E-state index contributed by atoms with van der Waals surface area (Å²) in [5.41, 5.74) is 0. The summed E-state index contributed by atoms with van der Waals surface area (Å²) in [6.45, 7) is 9.25. The summed E-state index contributed by atoms with van der Waals surface area (Å²) >= 11 is 0. The van der Waals surface area contributed by atoms with Gasteiger partial charge in [-0.05, 0) is 89.9 Å². The molecule has 114 valence electrons. The Morgan fingerprint density at radius 1 is 1.00 bits per heavy atom. The summed E-state index contributed by atoms with van der Waals surface area (Å²) in [6, 6.07) is 0.831. The van der Waals surface area contributed by atoms with Crippen molar-refractivity contribution in [2.24, 2.45) is 11.8 Å². The van der Waals surface area contributed by atoms with Gasteiger partial charge in [0.15, 0.2) is 0 Å². The Hall–Kier alpha value is -0.340. The van der Waals surface area contributed by atoms with E-state index in [1.54, 1.807) is 0 Å². The first-order valence-corrected chi connectivity index (χ1v) is 8.94. The lowest BCUT2D eigenvalue weighted by molar-refractivity contribution is 0.101. The van der Waals surface area contributed by atoms with Gasteiger partial charge in [-0.2, -0.15) is 0 Å². The second kappa shape index (κ2) is 7.09. The highest BCUT2D eigenvalue weighted by Gasteiger charge is 2.29. The van der Waals surface area contributed by atoms with Crippen LogP contribution in [0.15, 0.2) is 12.2 Å². The molecule has 3 rings (SSSR count). The first kappa shape index (κ1) is 14.6. The Kier molecular flexibility index (Phi) is 5.17. The van der Waals surface area contributed by atoms with E-state index in [0.29, 0.717) is 0 Å². The third kappa shape index (κ3) is 3.65. The summed E-state index contributed by atoms with van der Waals surface area (Å²) in [7, 11) is 0. The molecule has 0 aromatic carbocycles. The molecule has 0 spiro atoms. The average molecular weight is 276 g/mol. The summed E-state index contributed by atoms with van der Waals surface area (Å²) in [4.78, 5) is 5.49. The second-order valence-electron chi connectivity index (χ2n) is 7.27. The zero-order valence-corrected chi connectivity index (χ0v) is 13.3. The van der Waals surface area contributed by atoms with Crippen LogP contribution in [0, 0.1) is 11.8 Å². The molecule has 2 nitrogen and oxygen atoms in total. The van der Waals surface area contributed by atoms with Crippen LogP contribution in [0.25, 0.3) is 0 Å². The first-order chi connectivity index (χ1) is 9.83. The highest BCUT2D eigenvalue weighted by Crippen LogP contribution is 2.28. The van der Waals surface area contributed by atoms with Crippen molar-refractivity contribution in [3.8, 4) is 0 Å². The zero-order valence-electron chi connectivity index (χ0n) is 13.3. The maximum atomic E-state index is 2.75. The number of hydrogen-bond acceptors (Lipinski definition) is 2. The van der Waals surface area contributed by atoms with Crippen LogP contribution in [0.5, 0.6) is 0 Å². The smallest absolute Gasteiger partial charge is 0.00961 e. The molecule has 2 atom stereocenters. The van der Waals surface area contributed by atoms with Crippen LogP contribution in [0.2, 0.25) is 0 Å². The Labute approximate surface area is 125 Å². The van der Waals surface area contributed by atoms with E-state index in [-0.39, 0.29) is 0 Å². The Balaban J connectivity index is 1.41. The van der Waals surface area contributed by atoms with Crippen molar-refractivity contribution in [2.45, 2.75) is 57.9 Å². The molecule has 0 aromatic rings. The van der Waals surface area contributed by atoms with Gasteiger partial charge in [-0.25, -0.2) is 0 Å². The van der Waals surface area contributed by atoms with Gasteiger partial charge in [0.2, 0.25) is 0 Å². The minimum Gasteiger partial charge on any atom is -0.303 e. The molecule has 0 unspecified atom stereocenters. The van der Waals surface area contributed by atoms with Crippen LogP contribution in [-0.4, -0.2) is 48.6 Å². The highest BCUT2D eigenvalue weighted by atomic mass is 15.2. The topological polar surface area (TPSA) is 6.48 Å². The van der Waals surface area contributed by atoms with E-state index in [1.807, 2.05) is 0 Å². The molecule has 0 radical (unpaired) electrons. The molecule has 2 aliphatic heterocycles. The summed E-state index contributed by atoms with van der Waals surface area (Å²) < 4.78 is 0.